The number of hydrogen-bond donors (Lipinski definition) is 0. The molecule has 22 heavy (non-hydrogen) atoms. The molecule has 1 fully saturated rings. The molecule has 5 heteroatoms. The zero-order chi connectivity index (χ0) is 16.1. The van der Waals surface area contributed by atoms with Gasteiger partial charge in [0.15, 0.2) is 0 Å². The summed E-state index contributed by atoms with van der Waals surface area (Å²) in [7, 11) is 2.98. The second-order valence-electron chi connectivity index (χ2n) is 5.32. The SMILES string of the molecule is C=C[C@H]1[C@@H](C=O)C[C@H](C(=O)OC)N1Cc1ccc(OC)cc1. The predicted molar refractivity (Wildman–Crippen MR) is 82.5 cm³/mol. The number of likely N-dealkylation sites (tertiary alicyclic amines) is 1. The lowest BCUT2D eigenvalue weighted by atomic mass is 10.0. The van der Waals surface area contributed by atoms with Crippen LogP contribution in [-0.4, -0.2) is 43.5 Å². The fourth-order valence-corrected chi connectivity index (χ4v) is 2.96. The number of carbonyl (C=O) groups is 2. The van der Waals surface area contributed by atoms with E-state index in [2.05, 4.69) is 6.58 Å². The van der Waals surface area contributed by atoms with Gasteiger partial charge in [0, 0.05) is 18.5 Å². The summed E-state index contributed by atoms with van der Waals surface area (Å²) in [6.45, 7) is 4.35. The number of ether oxygens (including phenoxy) is 2. The van der Waals surface area contributed by atoms with Crippen molar-refractivity contribution in [2.45, 2.75) is 25.0 Å². The molecule has 5 nitrogen and oxygen atoms in total. The summed E-state index contributed by atoms with van der Waals surface area (Å²) in [5, 5.41) is 0. The Morgan fingerprint density at radius 3 is 2.55 bits per heavy atom. The molecule has 0 unspecified atom stereocenters. The quantitative estimate of drug-likeness (QED) is 0.456. The van der Waals surface area contributed by atoms with Crippen molar-refractivity contribution in [1.82, 2.24) is 4.90 Å². The van der Waals surface area contributed by atoms with Gasteiger partial charge in [-0.3, -0.25) is 9.69 Å². The van der Waals surface area contributed by atoms with Gasteiger partial charge in [0.1, 0.15) is 18.1 Å². The van der Waals surface area contributed by atoms with Gasteiger partial charge in [-0.1, -0.05) is 18.2 Å². The van der Waals surface area contributed by atoms with Crippen molar-refractivity contribution < 1.29 is 19.1 Å². The van der Waals surface area contributed by atoms with Crippen LogP contribution in [0.1, 0.15) is 12.0 Å². The van der Waals surface area contributed by atoms with Crippen LogP contribution in [0.2, 0.25) is 0 Å². The topological polar surface area (TPSA) is 55.8 Å². The number of hydrogen-bond acceptors (Lipinski definition) is 5. The largest absolute Gasteiger partial charge is 0.497 e. The first-order valence-electron chi connectivity index (χ1n) is 7.19. The van der Waals surface area contributed by atoms with E-state index in [1.807, 2.05) is 29.2 Å². The molecule has 0 aromatic heterocycles. The maximum atomic E-state index is 12.0. The zero-order valence-electron chi connectivity index (χ0n) is 12.9. The molecule has 1 aromatic carbocycles. The van der Waals surface area contributed by atoms with Crippen molar-refractivity contribution >= 4 is 12.3 Å². The Labute approximate surface area is 130 Å². The summed E-state index contributed by atoms with van der Waals surface area (Å²) in [4.78, 5) is 25.2. The standard InChI is InChI=1S/C17H21NO4/c1-4-15-13(11-19)9-16(17(20)22-3)18(15)10-12-5-7-14(21-2)8-6-12/h4-8,11,13,15-16H,1,9-10H2,2-3H3/t13-,15+,16-/m1/s1. The van der Waals surface area contributed by atoms with Crippen LogP contribution in [0.4, 0.5) is 0 Å². The van der Waals surface area contributed by atoms with E-state index >= 15 is 0 Å². The van der Waals surface area contributed by atoms with Crippen molar-refractivity contribution in [3.8, 4) is 5.75 Å². The molecule has 1 heterocycles. The van der Waals surface area contributed by atoms with Gasteiger partial charge in [-0.05, 0) is 24.1 Å². The Bertz CT molecular complexity index is 540. The van der Waals surface area contributed by atoms with Crippen LogP contribution < -0.4 is 4.74 Å². The first-order chi connectivity index (χ1) is 10.6. The van der Waals surface area contributed by atoms with Crippen LogP contribution in [0.3, 0.4) is 0 Å². The van der Waals surface area contributed by atoms with Gasteiger partial charge in [-0.2, -0.15) is 0 Å². The van der Waals surface area contributed by atoms with Gasteiger partial charge in [-0.15, -0.1) is 6.58 Å². The molecule has 0 bridgehead atoms. The number of esters is 1. The number of rotatable bonds is 6. The second-order valence-corrected chi connectivity index (χ2v) is 5.32. The van der Waals surface area contributed by atoms with Gasteiger partial charge in [0.2, 0.25) is 0 Å². The molecular weight excluding hydrogens is 282 g/mol. The highest BCUT2D eigenvalue weighted by atomic mass is 16.5. The van der Waals surface area contributed by atoms with Crippen LogP contribution >= 0.6 is 0 Å². The van der Waals surface area contributed by atoms with Crippen LogP contribution in [0.25, 0.3) is 0 Å². The lowest BCUT2D eigenvalue weighted by molar-refractivity contribution is -0.146. The van der Waals surface area contributed by atoms with E-state index in [4.69, 9.17) is 9.47 Å². The summed E-state index contributed by atoms with van der Waals surface area (Å²) in [5.74, 6) is 0.227. The molecule has 1 aromatic rings. The van der Waals surface area contributed by atoms with E-state index in [9.17, 15) is 9.59 Å². The summed E-state index contributed by atoms with van der Waals surface area (Å²) in [5.41, 5.74) is 1.04. The molecule has 0 aliphatic carbocycles. The summed E-state index contributed by atoms with van der Waals surface area (Å²) < 4.78 is 10.0. The van der Waals surface area contributed by atoms with Crippen molar-refractivity contribution in [3.63, 3.8) is 0 Å². The lowest BCUT2D eigenvalue weighted by Gasteiger charge is -2.27. The van der Waals surface area contributed by atoms with E-state index in [1.54, 1.807) is 13.2 Å². The maximum absolute atomic E-state index is 12.0. The van der Waals surface area contributed by atoms with E-state index in [0.717, 1.165) is 17.6 Å². The molecular formula is C17H21NO4. The Kier molecular flexibility index (Phi) is 5.33. The predicted octanol–water partition coefficient (Wildman–Crippen LogP) is 1.81. The average Bonchev–Trinajstić information content (AvgIpc) is 2.92. The van der Waals surface area contributed by atoms with Crippen LogP contribution in [-0.2, 0) is 20.9 Å². The third kappa shape index (κ3) is 3.20. The van der Waals surface area contributed by atoms with E-state index in [0.29, 0.717) is 13.0 Å². The fourth-order valence-electron chi connectivity index (χ4n) is 2.96. The molecule has 118 valence electrons. The molecule has 0 amide bonds. The molecule has 1 aliphatic rings. The molecule has 0 saturated carbocycles. The number of methoxy groups -OCH3 is 2. The Morgan fingerprint density at radius 1 is 1.36 bits per heavy atom. The third-order valence-electron chi connectivity index (χ3n) is 4.13. The molecule has 3 atom stereocenters. The highest BCUT2D eigenvalue weighted by Crippen LogP contribution is 2.32. The van der Waals surface area contributed by atoms with Crippen molar-refractivity contribution in [3.05, 3.63) is 42.5 Å². The van der Waals surface area contributed by atoms with Gasteiger partial charge < -0.3 is 14.3 Å². The third-order valence-corrected chi connectivity index (χ3v) is 4.13. The molecule has 0 spiro atoms. The number of aldehydes is 1. The highest BCUT2D eigenvalue weighted by molar-refractivity contribution is 5.77. The van der Waals surface area contributed by atoms with E-state index in [-0.39, 0.29) is 17.9 Å². The van der Waals surface area contributed by atoms with Gasteiger partial charge in [-0.25, -0.2) is 0 Å². The van der Waals surface area contributed by atoms with Crippen LogP contribution in [0, 0.1) is 5.92 Å². The van der Waals surface area contributed by atoms with Crippen molar-refractivity contribution in [1.29, 1.82) is 0 Å². The smallest absolute Gasteiger partial charge is 0.323 e. The van der Waals surface area contributed by atoms with Crippen molar-refractivity contribution in [2.75, 3.05) is 14.2 Å². The average molecular weight is 303 g/mol. The highest BCUT2D eigenvalue weighted by Gasteiger charge is 2.43. The van der Waals surface area contributed by atoms with E-state index in [1.165, 1.54) is 7.11 Å². The Hall–Kier alpha value is -2.14. The summed E-state index contributed by atoms with van der Waals surface area (Å²) >= 11 is 0. The number of carbonyl (C=O) groups excluding carboxylic acids is 2. The molecule has 1 aliphatic heterocycles. The number of nitrogens with zero attached hydrogens (tertiary/aromatic N) is 1. The minimum Gasteiger partial charge on any atom is -0.497 e. The minimum atomic E-state index is -0.426. The molecule has 2 rings (SSSR count). The molecule has 1 saturated heterocycles. The zero-order valence-corrected chi connectivity index (χ0v) is 12.9. The molecule has 0 N–H and O–H groups in total. The monoisotopic (exact) mass is 303 g/mol. The maximum Gasteiger partial charge on any atom is 0.323 e. The van der Waals surface area contributed by atoms with Gasteiger partial charge in [0.05, 0.1) is 14.2 Å². The van der Waals surface area contributed by atoms with E-state index < -0.39 is 6.04 Å². The first-order valence-corrected chi connectivity index (χ1v) is 7.19. The normalized spacial score (nSPS) is 24.7. The fraction of sp³-hybridized carbons (Fsp3) is 0.412. The lowest BCUT2D eigenvalue weighted by Crippen LogP contribution is -2.40. The van der Waals surface area contributed by atoms with Gasteiger partial charge in [0.25, 0.3) is 0 Å². The Morgan fingerprint density at radius 2 is 2.05 bits per heavy atom. The summed E-state index contributed by atoms with van der Waals surface area (Å²) in [6.07, 6.45) is 3.09. The van der Waals surface area contributed by atoms with Crippen LogP contribution in [0.5, 0.6) is 5.75 Å². The first kappa shape index (κ1) is 16.2. The Balaban J connectivity index is 2.23. The van der Waals surface area contributed by atoms with Crippen LogP contribution in [0.15, 0.2) is 36.9 Å². The van der Waals surface area contributed by atoms with Crippen molar-refractivity contribution in [2.24, 2.45) is 5.92 Å². The second kappa shape index (κ2) is 7.22. The minimum absolute atomic E-state index is 0.163. The van der Waals surface area contributed by atoms with Gasteiger partial charge >= 0.3 is 5.97 Å². The summed E-state index contributed by atoms with van der Waals surface area (Å²) in [6, 6.07) is 7.05. The number of benzene rings is 1. The molecule has 0 radical (unpaired) electrons.